The average molecular weight is 382 g/mol. The maximum Gasteiger partial charge on any atom is 0.322 e. The Morgan fingerprint density at radius 2 is 2.07 bits per heavy atom. The topological polar surface area (TPSA) is 126 Å². The Morgan fingerprint density at radius 1 is 1.25 bits per heavy atom. The zero-order chi connectivity index (χ0) is 19.7. The van der Waals surface area contributed by atoms with Crippen LogP contribution < -0.4 is 10.1 Å². The van der Waals surface area contributed by atoms with Crippen molar-refractivity contribution < 1.29 is 24.5 Å². The number of fused-ring (bicyclic) bond motifs is 2. The van der Waals surface area contributed by atoms with E-state index in [4.69, 9.17) is 9.84 Å². The minimum Gasteiger partial charge on any atom is -0.507 e. The first kappa shape index (κ1) is 17.8. The Morgan fingerprint density at radius 3 is 2.89 bits per heavy atom. The molecule has 0 fully saturated rings. The summed E-state index contributed by atoms with van der Waals surface area (Å²) in [5.41, 5.74) is 2.28. The molecule has 0 unspecified atom stereocenters. The monoisotopic (exact) mass is 382 g/mol. The number of carbonyl (C=O) groups excluding carboxylic acids is 1. The van der Waals surface area contributed by atoms with Crippen LogP contribution in [-0.2, 0) is 17.6 Å². The number of aliphatic carboxylic acids is 1. The fourth-order valence-electron chi connectivity index (χ4n) is 3.43. The van der Waals surface area contributed by atoms with Crippen molar-refractivity contribution >= 4 is 17.5 Å². The number of hydrogen-bond acceptors (Lipinski definition) is 6. The van der Waals surface area contributed by atoms with Crippen LogP contribution in [0.2, 0.25) is 0 Å². The molecule has 0 atom stereocenters. The van der Waals surface area contributed by atoms with Gasteiger partial charge in [-0.05, 0) is 42.9 Å². The van der Waals surface area contributed by atoms with E-state index in [2.05, 4.69) is 21.5 Å². The minimum atomic E-state index is -1.20. The van der Waals surface area contributed by atoms with Crippen LogP contribution >= 0.6 is 0 Å². The molecule has 1 aliphatic rings. The predicted molar refractivity (Wildman–Crippen MR) is 97.8 cm³/mol. The fraction of sp³-hybridized carbons (Fsp3) is 0.263. The first-order valence-corrected chi connectivity index (χ1v) is 8.89. The van der Waals surface area contributed by atoms with Crippen molar-refractivity contribution in [3.63, 3.8) is 0 Å². The molecule has 28 heavy (non-hydrogen) atoms. The molecule has 144 valence electrons. The van der Waals surface area contributed by atoms with Crippen LogP contribution in [0.25, 0.3) is 5.65 Å². The number of carboxylic acids is 1. The number of hydrogen-bond donors (Lipinski definition) is 3. The zero-order valence-electron chi connectivity index (χ0n) is 14.9. The molecule has 3 aromatic rings. The average Bonchev–Trinajstić information content (AvgIpc) is 3.16. The molecule has 9 heteroatoms. The molecule has 0 bridgehead atoms. The lowest BCUT2D eigenvalue weighted by Crippen LogP contribution is -2.29. The van der Waals surface area contributed by atoms with E-state index in [1.54, 1.807) is 0 Å². The molecule has 0 spiro atoms. The van der Waals surface area contributed by atoms with Gasteiger partial charge in [0.15, 0.2) is 5.65 Å². The first-order chi connectivity index (χ1) is 13.5. The molecule has 3 N–H and O–H groups in total. The Hall–Kier alpha value is -3.62. The smallest absolute Gasteiger partial charge is 0.322 e. The van der Waals surface area contributed by atoms with Crippen LogP contribution in [0.3, 0.4) is 0 Å². The number of aromatic nitrogens is 3. The number of carboxylic acid groups (broad SMARTS) is 1. The second kappa shape index (κ2) is 7.18. The normalized spacial score (nSPS) is 13.1. The third kappa shape index (κ3) is 3.22. The molecule has 1 amide bonds. The number of aryl methyl sites for hydroxylation is 1. The van der Waals surface area contributed by atoms with E-state index < -0.39 is 18.4 Å². The number of nitrogens with zero attached hydrogens (tertiary/aromatic N) is 3. The van der Waals surface area contributed by atoms with E-state index in [0.29, 0.717) is 5.75 Å². The van der Waals surface area contributed by atoms with Gasteiger partial charge in [0.25, 0.3) is 5.91 Å². The van der Waals surface area contributed by atoms with Crippen LogP contribution in [0.5, 0.6) is 17.4 Å². The molecular weight excluding hydrogens is 364 g/mol. The van der Waals surface area contributed by atoms with E-state index in [1.165, 1.54) is 22.5 Å². The van der Waals surface area contributed by atoms with E-state index in [1.807, 2.05) is 12.1 Å². The van der Waals surface area contributed by atoms with Gasteiger partial charge in [0.2, 0.25) is 5.88 Å². The molecule has 2 heterocycles. The number of carbonyl (C=O) groups is 2. The van der Waals surface area contributed by atoms with Crippen molar-refractivity contribution in [2.45, 2.75) is 25.7 Å². The molecule has 0 aliphatic heterocycles. The van der Waals surface area contributed by atoms with Crippen LogP contribution in [0.1, 0.15) is 34.3 Å². The largest absolute Gasteiger partial charge is 0.507 e. The van der Waals surface area contributed by atoms with Crippen molar-refractivity contribution in [3.8, 4) is 17.4 Å². The van der Waals surface area contributed by atoms with Gasteiger partial charge in [-0.15, -0.1) is 0 Å². The highest BCUT2D eigenvalue weighted by atomic mass is 16.5. The number of ether oxygens (including phenoxy) is 1. The van der Waals surface area contributed by atoms with Gasteiger partial charge in [0, 0.05) is 6.07 Å². The standard InChI is InChI=1S/C19H18N4O5/c24-13-8-15(28-14-7-3-5-11-4-1-2-6-12(11)14)23-18(21-10-22-23)17(13)19(27)20-9-16(25)26/h3,5,7-8,10,24H,1-2,4,6,9H2,(H,20,27)(H,25,26). The second-order valence-electron chi connectivity index (χ2n) is 6.52. The number of rotatable bonds is 5. The first-order valence-electron chi connectivity index (χ1n) is 8.89. The molecule has 0 saturated carbocycles. The molecule has 0 radical (unpaired) electrons. The number of nitrogens with one attached hydrogen (secondary N) is 1. The Balaban J connectivity index is 1.72. The van der Waals surface area contributed by atoms with E-state index in [0.717, 1.165) is 31.2 Å². The maximum absolute atomic E-state index is 12.3. The van der Waals surface area contributed by atoms with Gasteiger partial charge in [0.05, 0.1) is 0 Å². The summed E-state index contributed by atoms with van der Waals surface area (Å²) >= 11 is 0. The third-order valence-electron chi connectivity index (χ3n) is 4.69. The lowest BCUT2D eigenvalue weighted by atomic mass is 9.91. The number of pyridine rings is 1. The summed E-state index contributed by atoms with van der Waals surface area (Å²) in [5.74, 6) is -1.45. The van der Waals surface area contributed by atoms with Crippen LogP contribution in [-0.4, -0.2) is 43.2 Å². The summed E-state index contributed by atoms with van der Waals surface area (Å²) in [4.78, 5) is 27.0. The Kier molecular flexibility index (Phi) is 4.56. The van der Waals surface area contributed by atoms with Crippen molar-refractivity contribution in [3.05, 3.63) is 47.3 Å². The van der Waals surface area contributed by atoms with Gasteiger partial charge in [-0.2, -0.15) is 9.61 Å². The van der Waals surface area contributed by atoms with Gasteiger partial charge >= 0.3 is 5.97 Å². The summed E-state index contributed by atoms with van der Waals surface area (Å²) in [5, 5.41) is 25.4. The molecule has 0 saturated heterocycles. The minimum absolute atomic E-state index is 0.0719. The summed E-state index contributed by atoms with van der Waals surface area (Å²) in [6.07, 6.45) is 5.37. The van der Waals surface area contributed by atoms with Crippen molar-refractivity contribution in [1.82, 2.24) is 19.9 Å². The highest BCUT2D eigenvalue weighted by Crippen LogP contribution is 2.35. The lowest BCUT2D eigenvalue weighted by Gasteiger charge is -2.19. The van der Waals surface area contributed by atoms with Gasteiger partial charge in [-0.1, -0.05) is 12.1 Å². The van der Waals surface area contributed by atoms with E-state index >= 15 is 0 Å². The van der Waals surface area contributed by atoms with Gasteiger partial charge in [0.1, 0.15) is 29.9 Å². The van der Waals surface area contributed by atoms with Gasteiger partial charge < -0.3 is 20.3 Å². The van der Waals surface area contributed by atoms with E-state index in [9.17, 15) is 14.7 Å². The molecule has 4 rings (SSSR count). The van der Waals surface area contributed by atoms with Crippen LogP contribution in [0, 0.1) is 0 Å². The van der Waals surface area contributed by atoms with Crippen LogP contribution in [0.4, 0.5) is 0 Å². The molecule has 1 aliphatic carbocycles. The van der Waals surface area contributed by atoms with Crippen molar-refractivity contribution in [1.29, 1.82) is 0 Å². The molecular formula is C19H18N4O5. The van der Waals surface area contributed by atoms with Crippen LogP contribution in [0.15, 0.2) is 30.6 Å². The molecule has 1 aromatic carbocycles. The van der Waals surface area contributed by atoms with Gasteiger partial charge in [-0.3, -0.25) is 9.59 Å². The number of benzene rings is 1. The highest BCUT2D eigenvalue weighted by Gasteiger charge is 2.23. The fourth-order valence-corrected chi connectivity index (χ4v) is 3.43. The summed E-state index contributed by atoms with van der Waals surface area (Å²) in [6.45, 7) is -0.576. The SMILES string of the molecule is O=C(O)CNC(=O)c1c(O)cc(Oc2cccc3c2CCCC3)n2ncnc12. The Labute approximate surface area is 159 Å². The second-order valence-corrected chi connectivity index (χ2v) is 6.52. The highest BCUT2D eigenvalue weighted by molar-refractivity contribution is 6.03. The summed E-state index contributed by atoms with van der Waals surface area (Å²) < 4.78 is 7.34. The summed E-state index contributed by atoms with van der Waals surface area (Å²) in [7, 11) is 0. The summed E-state index contributed by atoms with van der Waals surface area (Å²) in [6, 6.07) is 7.14. The maximum atomic E-state index is 12.3. The van der Waals surface area contributed by atoms with Gasteiger partial charge in [-0.25, -0.2) is 4.98 Å². The lowest BCUT2D eigenvalue weighted by molar-refractivity contribution is -0.135. The van der Waals surface area contributed by atoms with Crippen molar-refractivity contribution in [2.75, 3.05) is 6.54 Å². The number of amides is 1. The number of aromatic hydroxyl groups is 1. The quantitative estimate of drug-likeness (QED) is 0.615. The molecule has 9 nitrogen and oxygen atoms in total. The zero-order valence-corrected chi connectivity index (χ0v) is 14.9. The Bertz CT molecular complexity index is 1080. The predicted octanol–water partition coefficient (Wildman–Crippen LogP) is 1.92. The van der Waals surface area contributed by atoms with Crippen molar-refractivity contribution in [2.24, 2.45) is 0 Å². The van der Waals surface area contributed by atoms with E-state index in [-0.39, 0.29) is 22.8 Å². The third-order valence-corrected chi connectivity index (χ3v) is 4.69. The molecule has 2 aromatic heterocycles.